The maximum Gasteiger partial charge on any atom is 0.178 e. The van der Waals surface area contributed by atoms with Crippen molar-refractivity contribution in [1.29, 1.82) is 0 Å². The van der Waals surface area contributed by atoms with Crippen LogP contribution in [0.15, 0.2) is 29.2 Å². The number of hydrogen-bond donors (Lipinski definition) is 1. The quantitative estimate of drug-likeness (QED) is 0.850. The van der Waals surface area contributed by atoms with Gasteiger partial charge in [-0.1, -0.05) is 17.7 Å². The molecule has 0 aromatic heterocycles. The summed E-state index contributed by atoms with van der Waals surface area (Å²) in [7, 11) is -3.23. The number of sulfone groups is 1. The molecule has 1 aromatic rings. The highest BCUT2D eigenvalue weighted by Gasteiger charge is 2.14. The standard InChI is InChI=1S/C11H16O3S/c1-9-3-5-11(6-4-9)15(13,14)8-7-10(2)12/h3-6,10,12H,7-8H2,1-2H3. The van der Waals surface area contributed by atoms with E-state index in [2.05, 4.69) is 0 Å². The Kier molecular flexibility index (Phi) is 3.88. The normalized spacial score (nSPS) is 13.8. The SMILES string of the molecule is Cc1ccc(S(=O)(=O)CCC(C)O)cc1. The van der Waals surface area contributed by atoms with E-state index in [-0.39, 0.29) is 12.2 Å². The van der Waals surface area contributed by atoms with Gasteiger partial charge in [0.15, 0.2) is 9.84 Å². The van der Waals surface area contributed by atoms with Gasteiger partial charge in [0.1, 0.15) is 0 Å². The molecule has 1 N–H and O–H groups in total. The van der Waals surface area contributed by atoms with Crippen molar-refractivity contribution < 1.29 is 13.5 Å². The summed E-state index contributed by atoms with van der Waals surface area (Å²) in [5, 5.41) is 9.04. The molecule has 0 bridgehead atoms. The molecule has 1 atom stereocenters. The first-order valence-electron chi connectivity index (χ1n) is 4.89. The molecular weight excluding hydrogens is 212 g/mol. The molecule has 84 valence electrons. The fraction of sp³-hybridized carbons (Fsp3) is 0.455. The van der Waals surface area contributed by atoms with Crippen LogP contribution in [0.4, 0.5) is 0 Å². The molecule has 0 fully saturated rings. The van der Waals surface area contributed by atoms with E-state index in [1.165, 1.54) is 0 Å². The Labute approximate surface area is 90.7 Å². The van der Waals surface area contributed by atoms with Crippen LogP contribution in [0.5, 0.6) is 0 Å². The average molecular weight is 228 g/mol. The number of hydrogen-bond acceptors (Lipinski definition) is 3. The van der Waals surface area contributed by atoms with Crippen molar-refractivity contribution in [2.24, 2.45) is 0 Å². The van der Waals surface area contributed by atoms with E-state index >= 15 is 0 Å². The first-order valence-corrected chi connectivity index (χ1v) is 6.54. The number of aliphatic hydroxyl groups is 1. The topological polar surface area (TPSA) is 54.4 Å². The first-order chi connectivity index (χ1) is 6.92. The zero-order valence-electron chi connectivity index (χ0n) is 8.97. The van der Waals surface area contributed by atoms with Crippen molar-refractivity contribution in [3.05, 3.63) is 29.8 Å². The van der Waals surface area contributed by atoms with Crippen LogP contribution in [0.3, 0.4) is 0 Å². The Morgan fingerprint density at radius 1 is 1.27 bits per heavy atom. The molecule has 0 aliphatic carbocycles. The van der Waals surface area contributed by atoms with E-state index in [1.54, 1.807) is 31.2 Å². The minimum Gasteiger partial charge on any atom is -0.393 e. The van der Waals surface area contributed by atoms with Crippen molar-refractivity contribution in [1.82, 2.24) is 0 Å². The Morgan fingerprint density at radius 3 is 2.27 bits per heavy atom. The number of benzene rings is 1. The second-order valence-electron chi connectivity index (χ2n) is 3.77. The fourth-order valence-corrected chi connectivity index (χ4v) is 2.63. The number of rotatable bonds is 4. The molecule has 0 saturated heterocycles. The second kappa shape index (κ2) is 4.77. The lowest BCUT2D eigenvalue weighted by Crippen LogP contribution is -2.12. The van der Waals surface area contributed by atoms with Gasteiger partial charge < -0.3 is 5.11 Å². The van der Waals surface area contributed by atoms with Crippen LogP contribution < -0.4 is 0 Å². The first kappa shape index (κ1) is 12.2. The lowest BCUT2D eigenvalue weighted by atomic mass is 10.2. The molecule has 3 nitrogen and oxygen atoms in total. The summed E-state index contributed by atoms with van der Waals surface area (Å²) in [6.45, 7) is 3.50. The smallest absolute Gasteiger partial charge is 0.178 e. The van der Waals surface area contributed by atoms with Crippen molar-refractivity contribution in [3.63, 3.8) is 0 Å². The summed E-state index contributed by atoms with van der Waals surface area (Å²) in [6, 6.07) is 6.75. The molecule has 0 saturated carbocycles. The summed E-state index contributed by atoms with van der Waals surface area (Å²) < 4.78 is 23.5. The van der Waals surface area contributed by atoms with Crippen molar-refractivity contribution >= 4 is 9.84 Å². The Morgan fingerprint density at radius 2 is 1.80 bits per heavy atom. The number of aryl methyl sites for hydroxylation is 1. The van der Waals surface area contributed by atoms with Crippen molar-refractivity contribution in [2.75, 3.05) is 5.75 Å². The van der Waals surface area contributed by atoms with E-state index in [0.29, 0.717) is 4.90 Å². The predicted octanol–water partition coefficient (Wildman–Crippen LogP) is 1.54. The van der Waals surface area contributed by atoms with Gasteiger partial charge >= 0.3 is 0 Å². The van der Waals surface area contributed by atoms with Gasteiger partial charge in [0.2, 0.25) is 0 Å². The van der Waals surface area contributed by atoms with Crippen LogP contribution in [0, 0.1) is 6.92 Å². The molecular formula is C11H16O3S. The summed E-state index contributed by atoms with van der Waals surface area (Å²) in [4.78, 5) is 0.328. The van der Waals surface area contributed by atoms with Gasteiger partial charge in [0, 0.05) is 0 Å². The molecule has 1 unspecified atom stereocenters. The van der Waals surface area contributed by atoms with E-state index in [9.17, 15) is 8.42 Å². The molecule has 4 heteroatoms. The van der Waals surface area contributed by atoms with E-state index in [1.807, 2.05) is 6.92 Å². The molecule has 0 radical (unpaired) electrons. The zero-order valence-corrected chi connectivity index (χ0v) is 9.79. The van der Waals surface area contributed by atoms with E-state index in [4.69, 9.17) is 5.11 Å². The molecule has 0 amide bonds. The summed E-state index contributed by atoms with van der Waals surface area (Å²) in [6.07, 6.45) is -0.304. The minimum atomic E-state index is -3.23. The molecule has 0 aliphatic rings. The molecule has 1 aromatic carbocycles. The largest absolute Gasteiger partial charge is 0.393 e. The Balaban J connectivity index is 2.82. The van der Waals surface area contributed by atoms with Crippen LogP contribution in [0.2, 0.25) is 0 Å². The van der Waals surface area contributed by atoms with Gasteiger partial charge in [-0.2, -0.15) is 0 Å². The zero-order chi connectivity index (χ0) is 11.5. The monoisotopic (exact) mass is 228 g/mol. The molecule has 0 spiro atoms. The van der Waals surface area contributed by atoms with Crippen LogP contribution >= 0.6 is 0 Å². The van der Waals surface area contributed by atoms with Gasteiger partial charge in [-0.15, -0.1) is 0 Å². The van der Waals surface area contributed by atoms with Crippen molar-refractivity contribution in [3.8, 4) is 0 Å². The highest BCUT2D eigenvalue weighted by atomic mass is 32.2. The third-order valence-corrected chi connectivity index (χ3v) is 3.95. The van der Waals surface area contributed by atoms with Crippen LogP contribution in [0.25, 0.3) is 0 Å². The van der Waals surface area contributed by atoms with Gasteiger partial charge in [-0.25, -0.2) is 8.42 Å². The van der Waals surface area contributed by atoms with Crippen LogP contribution in [-0.4, -0.2) is 25.4 Å². The lowest BCUT2D eigenvalue weighted by molar-refractivity contribution is 0.191. The average Bonchev–Trinajstić information content (AvgIpc) is 2.16. The highest BCUT2D eigenvalue weighted by molar-refractivity contribution is 7.91. The lowest BCUT2D eigenvalue weighted by Gasteiger charge is -2.06. The molecule has 0 heterocycles. The van der Waals surface area contributed by atoms with Crippen LogP contribution in [-0.2, 0) is 9.84 Å². The molecule has 15 heavy (non-hydrogen) atoms. The third kappa shape index (κ3) is 3.64. The van der Waals surface area contributed by atoms with E-state index < -0.39 is 15.9 Å². The predicted molar refractivity (Wildman–Crippen MR) is 59.5 cm³/mol. The highest BCUT2D eigenvalue weighted by Crippen LogP contribution is 2.13. The molecule has 1 rings (SSSR count). The van der Waals surface area contributed by atoms with Crippen LogP contribution in [0.1, 0.15) is 18.9 Å². The third-order valence-electron chi connectivity index (χ3n) is 2.18. The Bertz CT molecular complexity index is 404. The second-order valence-corrected chi connectivity index (χ2v) is 5.88. The maximum atomic E-state index is 11.7. The van der Waals surface area contributed by atoms with Gasteiger partial charge in [0.25, 0.3) is 0 Å². The minimum absolute atomic E-state index is 0.00622. The fourth-order valence-electron chi connectivity index (χ4n) is 1.19. The van der Waals surface area contributed by atoms with Gasteiger partial charge in [-0.3, -0.25) is 0 Å². The van der Waals surface area contributed by atoms with Gasteiger partial charge in [-0.05, 0) is 32.4 Å². The van der Waals surface area contributed by atoms with Crippen molar-refractivity contribution in [2.45, 2.75) is 31.3 Å². The van der Waals surface area contributed by atoms with E-state index in [0.717, 1.165) is 5.56 Å². The summed E-state index contributed by atoms with van der Waals surface area (Å²) in [5.74, 6) is -0.00622. The summed E-state index contributed by atoms with van der Waals surface area (Å²) in [5.41, 5.74) is 1.03. The maximum absolute atomic E-state index is 11.7. The number of aliphatic hydroxyl groups excluding tert-OH is 1. The molecule has 0 aliphatic heterocycles. The summed E-state index contributed by atoms with van der Waals surface area (Å²) >= 11 is 0. The Hall–Kier alpha value is -0.870. The van der Waals surface area contributed by atoms with Gasteiger partial charge in [0.05, 0.1) is 16.8 Å².